The minimum Gasteiger partial charge on any atom is -0.497 e. The zero-order chi connectivity index (χ0) is 23.2. The molecule has 1 aromatic heterocycles. The summed E-state index contributed by atoms with van der Waals surface area (Å²) in [6.45, 7) is 0.460. The molecule has 2 amide bonds. The number of nitrogens with zero attached hydrogens (tertiary/aromatic N) is 3. The van der Waals surface area contributed by atoms with Crippen LogP contribution in [0.15, 0.2) is 87.6 Å². The van der Waals surface area contributed by atoms with Gasteiger partial charge in [-0.15, -0.1) is 10.2 Å². The largest absolute Gasteiger partial charge is 0.497 e. The first-order valence-corrected chi connectivity index (χ1v) is 11.4. The molecule has 0 aliphatic carbocycles. The van der Waals surface area contributed by atoms with Crippen LogP contribution < -0.4 is 15.4 Å². The van der Waals surface area contributed by atoms with Crippen molar-refractivity contribution in [1.82, 2.24) is 14.8 Å². The zero-order valence-corrected chi connectivity index (χ0v) is 19.9. The van der Waals surface area contributed by atoms with E-state index < -0.39 is 0 Å². The van der Waals surface area contributed by atoms with Gasteiger partial charge < -0.3 is 15.4 Å². The van der Waals surface area contributed by atoms with Crippen molar-refractivity contribution in [1.29, 1.82) is 0 Å². The molecule has 0 bridgehead atoms. The van der Waals surface area contributed by atoms with Gasteiger partial charge in [0.1, 0.15) is 11.6 Å². The van der Waals surface area contributed by atoms with Crippen LogP contribution in [-0.4, -0.2) is 27.9 Å². The van der Waals surface area contributed by atoms with Gasteiger partial charge in [-0.2, -0.15) is 0 Å². The van der Waals surface area contributed by atoms with E-state index in [0.717, 1.165) is 10.5 Å². The van der Waals surface area contributed by atoms with E-state index in [1.165, 1.54) is 23.9 Å². The molecule has 4 aromatic rings. The fourth-order valence-electron chi connectivity index (χ4n) is 2.99. The summed E-state index contributed by atoms with van der Waals surface area (Å²) in [6.07, 6.45) is 0. The summed E-state index contributed by atoms with van der Waals surface area (Å²) >= 11 is 4.78. The molecule has 0 unspecified atom stereocenters. The number of amides is 2. The molecule has 10 heteroatoms. The standard InChI is InChI=1S/C23H19BrFN5O2S/c1-32-18-6-4-5-17(13-18)26-22(31)27-19-7-2-3-8-20(19)33-23-29-28-21(24)30(23)14-15-9-11-16(25)12-10-15/h2-13H,14H2,1H3,(H2,26,27,31). The maximum atomic E-state index is 13.2. The van der Waals surface area contributed by atoms with Crippen LogP contribution in [0.3, 0.4) is 0 Å². The van der Waals surface area contributed by atoms with E-state index in [-0.39, 0.29) is 11.8 Å². The number of halogens is 2. The SMILES string of the molecule is COc1cccc(NC(=O)Nc2ccccc2Sc2nnc(Br)n2Cc2ccc(F)cc2)c1. The van der Waals surface area contributed by atoms with Gasteiger partial charge in [-0.3, -0.25) is 4.57 Å². The first-order chi connectivity index (χ1) is 16.0. The van der Waals surface area contributed by atoms with Gasteiger partial charge in [0, 0.05) is 16.6 Å². The zero-order valence-electron chi connectivity index (χ0n) is 17.5. The third-order valence-corrected chi connectivity index (χ3v) is 6.24. The Bertz CT molecular complexity index is 1270. The summed E-state index contributed by atoms with van der Waals surface area (Å²) in [5.74, 6) is 0.359. The second-order valence-corrected chi connectivity index (χ2v) is 8.59. The van der Waals surface area contributed by atoms with Gasteiger partial charge in [0.2, 0.25) is 4.73 Å². The molecule has 168 valence electrons. The number of carbonyl (C=O) groups is 1. The van der Waals surface area contributed by atoms with Crippen LogP contribution in [0, 0.1) is 5.82 Å². The van der Waals surface area contributed by atoms with Crippen LogP contribution in [0.1, 0.15) is 5.56 Å². The van der Waals surface area contributed by atoms with Crippen molar-refractivity contribution in [3.8, 4) is 5.75 Å². The Morgan fingerprint density at radius 1 is 1.06 bits per heavy atom. The van der Waals surface area contributed by atoms with Crippen LogP contribution in [0.2, 0.25) is 0 Å². The number of aromatic nitrogens is 3. The van der Waals surface area contributed by atoms with Crippen molar-refractivity contribution in [3.63, 3.8) is 0 Å². The van der Waals surface area contributed by atoms with Crippen molar-refractivity contribution in [2.24, 2.45) is 0 Å². The van der Waals surface area contributed by atoms with Crippen molar-refractivity contribution in [2.75, 3.05) is 17.7 Å². The predicted octanol–water partition coefficient (Wildman–Crippen LogP) is 6.03. The topological polar surface area (TPSA) is 81.1 Å². The minimum absolute atomic E-state index is 0.289. The van der Waals surface area contributed by atoms with Crippen LogP contribution in [0.4, 0.5) is 20.6 Å². The molecule has 0 aliphatic heterocycles. The molecule has 7 nitrogen and oxygen atoms in total. The lowest BCUT2D eigenvalue weighted by Gasteiger charge is -2.13. The highest BCUT2D eigenvalue weighted by atomic mass is 79.9. The molecular formula is C23H19BrFN5O2S. The summed E-state index contributed by atoms with van der Waals surface area (Å²) in [5.41, 5.74) is 2.14. The highest BCUT2D eigenvalue weighted by molar-refractivity contribution is 9.10. The highest BCUT2D eigenvalue weighted by Crippen LogP contribution is 2.34. The number of anilines is 2. The van der Waals surface area contributed by atoms with Gasteiger partial charge in [0.25, 0.3) is 0 Å². The fraction of sp³-hybridized carbons (Fsp3) is 0.0870. The van der Waals surface area contributed by atoms with Gasteiger partial charge in [-0.05, 0) is 69.7 Å². The normalized spacial score (nSPS) is 10.6. The second-order valence-electron chi connectivity index (χ2n) is 6.87. The number of para-hydroxylation sites is 1. The summed E-state index contributed by atoms with van der Waals surface area (Å²) in [5, 5.41) is 14.7. The van der Waals surface area contributed by atoms with Crippen LogP contribution in [-0.2, 0) is 6.54 Å². The summed E-state index contributed by atoms with van der Waals surface area (Å²) < 4.78 is 20.9. The van der Waals surface area contributed by atoms with Crippen LogP contribution in [0.25, 0.3) is 0 Å². The minimum atomic E-state index is -0.384. The lowest BCUT2D eigenvalue weighted by Crippen LogP contribution is -2.19. The van der Waals surface area contributed by atoms with Crippen LogP contribution >= 0.6 is 27.7 Å². The third-order valence-electron chi connectivity index (χ3n) is 4.59. The predicted molar refractivity (Wildman–Crippen MR) is 129 cm³/mol. The maximum absolute atomic E-state index is 13.2. The third kappa shape index (κ3) is 5.91. The average Bonchev–Trinajstić information content (AvgIpc) is 3.15. The van der Waals surface area contributed by atoms with Gasteiger partial charge in [-0.25, -0.2) is 9.18 Å². The quantitative estimate of drug-likeness (QED) is 0.306. The van der Waals surface area contributed by atoms with E-state index in [1.807, 2.05) is 28.8 Å². The first-order valence-electron chi connectivity index (χ1n) is 9.84. The smallest absolute Gasteiger partial charge is 0.323 e. The van der Waals surface area contributed by atoms with E-state index in [9.17, 15) is 9.18 Å². The number of methoxy groups -OCH3 is 1. The summed E-state index contributed by atoms with van der Waals surface area (Å²) in [7, 11) is 1.57. The molecular weight excluding hydrogens is 509 g/mol. The van der Waals surface area contributed by atoms with Crippen LogP contribution in [0.5, 0.6) is 5.75 Å². The van der Waals surface area contributed by atoms with Crippen molar-refractivity contribution >= 4 is 45.1 Å². The number of nitrogens with one attached hydrogen (secondary N) is 2. The van der Waals surface area contributed by atoms with Crippen molar-refractivity contribution in [2.45, 2.75) is 16.6 Å². The van der Waals surface area contributed by atoms with Crippen molar-refractivity contribution in [3.05, 3.63) is 88.9 Å². The molecule has 1 heterocycles. The molecule has 33 heavy (non-hydrogen) atoms. The Kier molecular flexibility index (Phi) is 7.26. The number of carbonyl (C=O) groups excluding carboxylic acids is 1. The Morgan fingerprint density at radius 3 is 2.64 bits per heavy atom. The van der Waals surface area contributed by atoms with E-state index in [4.69, 9.17) is 4.74 Å². The number of ether oxygens (including phenoxy) is 1. The van der Waals surface area contributed by atoms with E-state index in [0.29, 0.717) is 33.6 Å². The molecule has 0 spiro atoms. The molecule has 0 aliphatic rings. The molecule has 0 fully saturated rings. The number of hydrogen-bond donors (Lipinski definition) is 2. The molecule has 0 atom stereocenters. The number of rotatable bonds is 7. The number of urea groups is 1. The Labute approximate surface area is 202 Å². The van der Waals surface area contributed by atoms with E-state index in [1.54, 1.807) is 43.5 Å². The van der Waals surface area contributed by atoms with E-state index in [2.05, 4.69) is 36.8 Å². The maximum Gasteiger partial charge on any atom is 0.323 e. The highest BCUT2D eigenvalue weighted by Gasteiger charge is 2.15. The number of benzene rings is 3. The monoisotopic (exact) mass is 527 g/mol. The van der Waals surface area contributed by atoms with Gasteiger partial charge >= 0.3 is 6.03 Å². The summed E-state index contributed by atoms with van der Waals surface area (Å²) in [6, 6.07) is 20.4. The van der Waals surface area contributed by atoms with Crippen molar-refractivity contribution < 1.29 is 13.9 Å². The van der Waals surface area contributed by atoms with E-state index >= 15 is 0 Å². The van der Waals surface area contributed by atoms with Gasteiger partial charge in [-0.1, -0.05) is 30.3 Å². The second kappa shape index (κ2) is 10.5. The first kappa shape index (κ1) is 22.8. The van der Waals surface area contributed by atoms with Gasteiger partial charge in [0.05, 0.1) is 19.3 Å². The van der Waals surface area contributed by atoms with Gasteiger partial charge in [0.15, 0.2) is 5.16 Å². The Balaban J connectivity index is 1.50. The molecule has 2 N–H and O–H groups in total. The molecule has 3 aromatic carbocycles. The molecule has 0 saturated heterocycles. The lowest BCUT2D eigenvalue weighted by molar-refractivity contribution is 0.262. The fourth-order valence-corrected chi connectivity index (χ4v) is 4.40. The lowest BCUT2D eigenvalue weighted by atomic mass is 10.2. The Morgan fingerprint density at radius 2 is 1.85 bits per heavy atom. The Hall–Kier alpha value is -3.37. The molecule has 0 radical (unpaired) electrons. The summed E-state index contributed by atoms with van der Waals surface area (Å²) in [4.78, 5) is 13.4. The molecule has 4 rings (SSSR count). The number of hydrogen-bond acceptors (Lipinski definition) is 5. The average molecular weight is 528 g/mol. The molecule has 0 saturated carbocycles.